The normalized spacial score (nSPS) is 25.4. The summed E-state index contributed by atoms with van der Waals surface area (Å²) in [6, 6.07) is 0. The summed E-state index contributed by atoms with van der Waals surface area (Å²) in [6.07, 6.45) is -1.63. The number of hydroxylamine groups is 4. The van der Waals surface area contributed by atoms with Gasteiger partial charge in [0.1, 0.15) is 0 Å². The van der Waals surface area contributed by atoms with Crippen molar-refractivity contribution >= 4 is 0 Å². The van der Waals surface area contributed by atoms with E-state index in [0.29, 0.717) is 0 Å². The van der Waals surface area contributed by atoms with Crippen molar-refractivity contribution in [1.82, 2.24) is 0 Å². The van der Waals surface area contributed by atoms with E-state index in [1.807, 2.05) is 0 Å². The molecule has 0 saturated heterocycles. The second kappa shape index (κ2) is 3.44. The van der Waals surface area contributed by atoms with E-state index >= 15 is 0 Å². The maximum absolute atomic E-state index is 10.6. The summed E-state index contributed by atoms with van der Waals surface area (Å²) in [7, 11) is 2.23. The molecule has 0 fully saturated rings. The van der Waals surface area contributed by atoms with E-state index in [1.54, 1.807) is 0 Å². The Hall–Kier alpha value is -0.240. The van der Waals surface area contributed by atoms with Gasteiger partial charge in [0.2, 0.25) is 0 Å². The van der Waals surface area contributed by atoms with Crippen molar-refractivity contribution < 1.29 is 20.3 Å². The molecule has 0 spiro atoms. The first-order valence-corrected chi connectivity index (χ1v) is 3.22. The Kier molecular flexibility index (Phi) is 3.36. The van der Waals surface area contributed by atoms with Gasteiger partial charge in [-0.15, -0.1) is 0 Å². The number of aliphatic hydroxyl groups excluding tert-OH is 1. The predicted molar refractivity (Wildman–Crippen MR) is 37.1 cm³/mol. The van der Waals surface area contributed by atoms with Crippen molar-refractivity contribution in [3.8, 4) is 0 Å². The molecule has 0 aromatic heterocycles. The van der Waals surface area contributed by atoms with E-state index in [1.165, 1.54) is 0 Å². The van der Waals surface area contributed by atoms with Gasteiger partial charge in [0, 0.05) is 6.92 Å². The van der Waals surface area contributed by atoms with Crippen LogP contribution in [0, 0.1) is 10.4 Å². The highest BCUT2D eigenvalue weighted by Gasteiger charge is 2.39. The molecule has 0 aliphatic rings. The monoisotopic (exact) mass is 166 g/mol. The summed E-state index contributed by atoms with van der Waals surface area (Å²) in [6.45, 7) is 1.11. The average molecular weight is 166 g/mol. The Labute approximate surface area is 64.8 Å². The van der Waals surface area contributed by atoms with Crippen LogP contribution in [0.3, 0.4) is 0 Å². The fourth-order valence-corrected chi connectivity index (χ4v) is 0.588. The van der Waals surface area contributed by atoms with Gasteiger partial charge in [0.15, 0.2) is 0 Å². The molecule has 4 N–H and O–H groups in total. The van der Waals surface area contributed by atoms with Gasteiger partial charge >= 0.3 is 0 Å². The van der Waals surface area contributed by atoms with Crippen LogP contribution in [0.5, 0.6) is 0 Å². The molecule has 0 rings (SSSR count). The number of hydrogen-bond acceptors (Lipinski definition) is 4. The van der Waals surface area contributed by atoms with Gasteiger partial charge in [-0.05, 0) is 0 Å². The highest BCUT2D eigenvalue weighted by atomic mass is 16.6. The van der Waals surface area contributed by atoms with Crippen molar-refractivity contribution in [2.75, 3.05) is 14.1 Å². The minimum atomic E-state index is -1.95. The van der Waals surface area contributed by atoms with Crippen molar-refractivity contribution in [3.63, 3.8) is 0 Å². The molecule has 0 saturated carbocycles. The Morgan fingerprint density at radius 3 is 1.82 bits per heavy atom. The molecule has 0 aromatic carbocycles. The van der Waals surface area contributed by atoms with Crippen LogP contribution in [0.15, 0.2) is 0 Å². The molecule has 0 aliphatic carbocycles. The van der Waals surface area contributed by atoms with E-state index in [9.17, 15) is 15.5 Å². The third kappa shape index (κ3) is 2.37. The van der Waals surface area contributed by atoms with Crippen LogP contribution < -0.4 is 10.1 Å². The van der Waals surface area contributed by atoms with Gasteiger partial charge in [-0.1, -0.05) is 0 Å². The van der Waals surface area contributed by atoms with Crippen molar-refractivity contribution in [2.45, 2.75) is 18.9 Å². The third-order valence-corrected chi connectivity index (χ3v) is 1.63. The van der Waals surface area contributed by atoms with E-state index in [0.717, 1.165) is 21.0 Å². The summed E-state index contributed by atoms with van der Waals surface area (Å²) < 4.78 is 0. The molecule has 0 aromatic rings. The van der Waals surface area contributed by atoms with Crippen LogP contribution in [0.4, 0.5) is 0 Å². The zero-order valence-electron chi connectivity index (χ0n) is 6.79. The van der Waals surface area contributed by atoms with E-state index in [-0.39, 0.29) is 0 Å². The molecule has 0 heterocycles. The SMILES string of the molecule is C[NH+]([O-])C(O)C(C)(O)[NH+](C)[O-]. The molecule has 0 bridgehead atoms. The zero-order chi connectivity index (χ0) is 9.23. The molecule has 0 aliphatic heterocycles. The molecule has 6 heteroatoms. The topological polar surface area (TPSA) is 95.5 Å². The summed E-state index contributed by atoms with van der Waals surface area (Å²) >= 11 is 0. The molecule has 11 heavy (non-hydrogen) atoms. The number of aliphatic hydroxyl groups is 2. The number of hydrogen-bond donors (Lipinski definition) is 4. The minimum absolute atomic E-state index is 0.620. The fourth-order valence-electron chi connectivity index (χ4n) is 0.588. The molecule has 0 amide bonds. The Balaban J connectivity index is 4.29. The summed E-state index contributed by atoms with van der Waals surface area (Å²) in [4.78, 5) is 0. The fraction of sp³-hybridized carbons (Fsp3) is 1.00. The number of rotatable bonds is 3. The molecule has 4 atom stereocenters. The smallest absolute Gasteiger partial charge is 0.276 e. The first-order valence-electron chi connectivity index (χ1n) is 3.22. The standard InChI is InChI=1S/C5H14N2O4/c1-5(9,7(3)11)4(8)6(2)10/h4,6-9H,1-3H3. The summed E-state index contributed by atoms with van der Waals surface area (Å²) in [5, 5.41) is 38.2. The summed E-state index contributed by atoms with van der Waals surface area (Å²) in [5.74, 6) is 0. The quantitative estimate of drug-likeness (QED) is 0.254. The lowest BCUT2D eigenvalue weighted by molar-refractivity contribution is -0.991. The van der Waals surface area contributed by atoms with E-state index < -0.39 is 22.1 Å². The van der Waals surface area contributed by atoms with Crippen LogP contribution in [-0.2, 0) is 0 Å². The van der Waals surface area contributed by atoms with Crippen LogP contribution in [0.2, 0.25) is 0 Å². The first kappa shape index (κ1) is 10.8. The molecule has 4 unspecified atom stereocenters. The maximum Gasteiger partial charge on any atom is 0.276 e. The van der Waals surface area contributed by atoms with Gasteiger partial charge in [0.25, 0.3) is 12.0 Å². The van der Waals surface area contributed by atoms with Gasteiger partial charge in [-0.3, -0.25) is 0 Å². The highest BCUT2D eigenvalue weighted by molar-refractivity contribution is 4.58. The Morgan fingerprint density at radius 1 is 1.36 bits per heavy atom. The van der Waals surface area contributed by atoms with Crippen molar-refractivity contribution in [1.29, 1.82) is 0 Å². The summed E-state index contributed by atoms with van der Waals surface area (Å²) in [5.41, 5.74) is -1.95. The van der Waals surface area contributed by atoms with Crippen LogP contribution >= 0.6 is 0 Å². The number of likely N-dealkylation sites (N-methyl/N-ethyl adjacent to an activating group) is 2. The zero-order valence-corrected chi connectivity index (χ0v) is 6.79. The average Bonchev–Trinajstić information content (AvgIpc) is 1.85. The minimum Gasteiger partial charge on any atom is -0.632 e. The maximum atomic E-state index is 10.6. The largest absolute Gasteiger partial charge is 0.632 e. The molecular weight excluding hydrogens is 152 g/mol. The van der Waals surface area contributed by atoms with Gasteiger partial charge in [-0.25, -0.2) is 0 Å². The third-order valence-electron chi connectivity index (χ3n) is 1.63. The van der Waals surface area contributed by atoms with Gasteiger partial charge in [0.05, 0.1) is 14.1 Å². The van der Waals surface area contributed by atoms with Crippen molar-refractivity contribution in [3.05, 3.63) is 10.4 Å². The highest BCUT2D eigenvalue weighted by Crippen LogP contribution is 1.92. The lowest BCUT2D eigenvalue weighted by Gasteiger charge is -2.38. The van der Waals surface area contributed by atoms with Crippen LogP contribution in [0.25, 0.3) is 0 Å². The molecule has 6 nitrogen and oxygen atoms in total. The lowest BCUT2D eigenvalue weighted by atomic mass is 10.2. The Morgan fingerprint density at radius 2 is 1.73 bits per heavy atom. The second-order valence-electron chi connectivity index (χ2n) is 2.72. The van der Waals surface area contributed by atoms with E-state index in [4.69, 9.17) is 5.11 Å². The van der Waals surface area contributed by atoms with Gasteiger partial charge < -0.3 is 30.8 Å². The lowest BCUT2D eigenvalue weighted by Crippen LogP contribution is -3.24. The number of nitrogens with one attached hydrogen (secondary N) is 2. The second-order valence-corrected chi connectivity index (χ2v) is 2.72. The van der Waals surface area contributed by atoms with Gasteiger partial charge in [-0.2, -0.15) is 0 Å². The Bertz CT molecular complexity index is 126. The van der Waals surface area contributed by atoms with Crippen LogP contribution in [-0.4, -0.2) is 36.3 Å². The predicted octanol–water partition coefficient (Wildman–Crippen LogP) is -3.96. The molecule has 0 radical (unpaired) electrons. The molecule has 68 valence electrons. The number of quaternary nitrogens is 2. The van der Waals surface area contributed by atoms with Crippen molar-refractivity contribution in [2.24, 2.45) is 0 Å². The van der Waals surface area contributed by atoms with Crippen LogP contribution in [0.1, 0.15) is 6.92 Å². The van der Waals surface area contributed by atoms with E-state index in [2.05, 4.69) is 0 Å². The molecular formula is C5H14N2O4. The first-order chi connectivity index (χ1) is 4.80.